The minimum Gasteiger partial charge on any atom is -0.496 e. The fourth-order valence-corrected chi connectivity index (χ4v) is 2.06. The summed E-state index contributed by atoms with van der Waals surface area (Å²) < 4.78 is 5.32. The molecule has 6 heteroatoms. The molecule has 4 N–H and O–H groups in total. The maximum atomic E-state index is 11.9. The lowest BCUT2D eigenvalue weighted by atomic mass is 10.1. The number of hydrogen-bond acceptors (Lipinski definition) is 4. The van der Waals surface area contributed by atoms with E-state index in [-0.39, 0.29) is 24.3 Å². The van der Waals surface area contributed by atoms with Crippen molar-refractivity contribution in [1.29, 1.82) is 0 Å². The van der Waals surface area contributed by atoms with E-state index in [4.69, 9.17) is 10.5 Å². The summed E-state index contributed by atoms with van der Waals surface area (Å²) in [6, 6.07) is 3.07. The molecule has 0 saturated carbocycles. The van der Waals surface area contributed by atoms with E-state index in [0.29, 0.717) is 5.69 Å². The predicted octanol–water partition coefficient (Wildman–Crippen LogP) is 1.35. The van der Waals surface area contributed by atoms with Gasteiger partial charge in [0.05, 0.1) is 19.7 Å². The molecule has 1 aromatic rings. The van der Waals surface area contributed by atoms with Crippen molar-refractivity contribution < 1.29 is 14.3 Å². The van der Waals surface area contributed by atoms with E-state index in [9.17, 15) is 9.59 Å². The third-order valence-corrected chi connectivity index (χ3v) is 3.53. The monoisotopic (exact) mass is 307 g/mol. The summed E-state index contributed by atoms with van der Waals surface area (Å²) in [7, 11) is 1.59. The number of rotatable bonds is 6. The van der Waals surface area contributed by atoms with E-state index in [1.54, 1.807) is 7.11 Å². The van der Waals surface area contributed by atoms with E-state index >= 15 is 0 Å². The van der Waals surface area contributed by atoms with Crippen molar-refractivity contribution in [2.24, 2.45) is 11.7 Å². The van der Waals surface area contributed by atoms with Gasteiger partial charge in [-0.15, -0.1) is 0 Å². The number of anilines is 1. The Morgan fingerprint density at radius 2 is 1.91 bits per heavy atom. The third kappa shape index (κ3) is 4.46. The average Bonchev–Trinajstić information content (AvgIpc) is 2.47. The van der Waals surface area contributed by atoms with Gasteiger partial charge >= 0.3 is 0 Å². The van der Waals surface area contributed by atoms with Gasteiger partial charge in [-0.05, 0) is 31.4 Å². The number of benzene rings is 1. The van der Waals surface area contributed by atoms with Gasteiger partial charge in [-0.2, -0.15) is 0 Å². The van der Waals surface area contributed by atoms with E-state index in [1.165, 1.54) is 0 Å². The number of hydrogen-bond donors (Lipinski definition) is 3. The summed E-state index contributed by atoms with van der Waals surface area (Å²) in [4.78, 5) is 23.7. The number of carbonyl (C=O) groups excluding carboxylic acids is 2. The lowest BCUT2D eigenvalue weighted by Crippen LogP contribution is -2.46. The Labute approximate surface area is 131 Å². The molecular formula is C16H25N3O3. The van der Waals surface area contributed by atoms with Gasteiger partial charge in [0.2, 0.25) is 11.8 Å². The molecule has 0 bridgehead atoms. The van der Waals surface area contributed by atoms with Crippen LogP contribution in [0.3, 0.4) is 0 Å². The van der Waals surface area contributed by atoms with Crippen LogP contribution in [0, 0.1) is 19.8 Å². The molecule has 0 saturated heterocycles. The third-order valence-electron chi connectivity index (χ3n) is 3.53. The highest BCUT2D eigenvalue weighted by Gasteiger charge is 2.18. The number of aryl methyl sites for hydroxylation is 1. The zero-order chi connectivity index (χ0) is 16.9. The van der Waals surface area contributed by atoms with Gasteiger partial charge in [-0.1, -0.05) is 19.9 Å². The van der Waals surface area contributed by atoms with Crippen LogP contribution in [0.4, 0.5) is 5.69 Å². The van der Waals surface area contributed by atoms with Crippen LogP contribution >= 0.6 is 0 Å². The van der Waals surface area contributed by atoms with Crippen LogP contribution in [0.2, 0.25) is 0 Å². The molecule has 0 unspecified atom stereocenters. The van der Waals surface area contributed by atoms with Crippen LogP contribution in [0.15, 0.2) is 12.1 Å². The summed E-state index contributed by atoms with van der Waals surface area (Å²) in [5.41, 5.74) is 8.22. The number of carbonyl (C=O) groups is 2. The molecule has 6 nitrogen and oxygen atoms in total. The number of methoxy groups -OCH3 is 1. The summed E-state index contributed by atoms with van der Waals surface area (Å²) in [6.45, 7) is 7.40. The van der Waals surface area contributed by atoms with Gasteiger partial charge < -0.3 is 21.1 Å². The highest BCUT2D eigenvalue weighted by atomic mass is 16.5. The quantitative estimate of drug-likeness (QED) is 0.739. The number of nitrogens with one attached hydrogen (secondary N) is 2. The highest BCUT2D eigenvalue weighted by molar-refractivity contribution is 5.96. The molecule has 0 aliphatic rings. The molecular weight excluding hydrogens is 282 g/mol. The molecule has 22 heavy (non-hydrogen) atoms. The fourth-order valence-electron chi connectivity index (χ4n) is 2.06. The molecule has 2 amide bonds. The van der Waals surface area contributed by atoms with Crippen LogP contribution in [0.1, 0.15) is 25.0 Å². The minimum absolute atomic E-state index is 0.0201. The van der Waals surface area contributed by atoms with E-state index in [1.807, 2.05) is 39.8 Å². The lowest BCUT2D eigenvalue weighted by Gasteiger charge is -2.16. The van der Waals surface area contributed by atoms with Crippen molar-refractivity contribution >= 4 is 17.5 Å². The zero-order valence-electron chi connectivity index (χ0n) is 13.8. The van der Waals surface area contributed by atoms with Gasteiger partial charge in [0.1, 0.15) is 5.75 Å². The topological polar surface area (TPSA) is 93.5 Å². The first-order chi connectivity index (χ1) is 10.3. The zero-order valence-corrected chi connectivity index (χ0v) is 13.8. The van der Waals surface area contributed by atoms with Crippen molar-refractivity contribution in [3.8, 4) is 5.75 Å². The van der Waals surface area contributed by atoms with Crippen LogP contribution in [0.5, 0.6) is 5.75 Å². The first-order valence-corrected chi connectivity index (χ1v) is 7.25. The second-order valence-corrected chi connectivity index (χ2v) is 5.62. The molecule has 0 aliphatic heterocycles. The van der Waals surface area contributed by atoms with Crippen LogP contribution in [-0.4, -0.2) is 31.5 Å². The Balaban J connectivity index is 2.65. The summed E-state index contributed by atoms with van der Waals surface area (Å²) in [6.07, 6.45) is 0. The Hall–Kier alpha value is -2.08. The number of ether oxygens (including phenoxy) is 1. The SMILES string of the molecule is COc1c(C)ccc(NC(=O)CNC(=O)[C@@H](N)C(C)C)c1C. The molecule has 122 valence electrons. The van der Waals surface area contributed by atoms with Gasteiger partial charge in [-0.3, -0.25) is 9.59 Å². The normalized spacial score (nSPS) is 12.0. The molecule has 1 aromatic carbocycles. The van der Waals surface area contributed by atoms with Crippen LogP contribution < -0.4 is 21.1 Å². The van der Waals surface area contributed by atoms with Crippen molar-refractivity contribution in [3.05, 3.63) is 23.3 Å². The Kier molecular flexibility index (Phi) is 6.37. The van der Waals surface area contributed by atoms with E-state index in [2.05, 4.69) is 10.6 Å². The fraction of sp³-hybridized carbons (Fsp3) is 0.500. The molecule has 1 rings (SSSR count). The van der Waals surface area contributed by atoms with Crippen molar-refractivity contribution in [2.75, 3.05) is 19.0 Å². The lowest BCUT2D eigenvalue weighted by molar-refractivity contribution is -0.125. The smallest absolute Gasteiger partial charge is 0.243 e. The largest absolute Gasteiger partial charge is 0.496 e. The second kappa shape index (κ2) is 7.79. The molecule has 0 fully saturated rings. The van der Waals surface area contributed by atoms with Gasteiger partial charge in [0, 0.05) is 11.3 Å². The van der Waals surface area contributed by atoms with Crippen molar-refractivity contribution in [3.63, 3.8) is 0 Å². The molecule has 0 heterocycles. The maximum Gasteiger partial charge on any atom is 0.243 e. The number of amides is 2. The summed E-state index contributed by atoms with van der Waals surface area (Å²) in [5, 5.41) is 5.30. The average molecular weight is 307 g/mol. The molecule has 0 spiro atoms. The summed E-state index contributed by atoms with van der Waals surface area (Å²) in [5.74, 6) is 0.122. The molecule has 1 atom stereocenters. The van der Waals surface area contributed by atoms with E-state index < -0.39 is 6.04 Å². The molecule has 0 aliphatic carbocycles. The minimum atomic E-state index is -0.617. The van der Waals surface area contributed by atoms with Gasteiger partial charge in [-0.25, -0.2) is 0 Å². The van der Waals surface area contributed by atoms with Crippen molar-refractivity contribution in [2.45, 2.75) is 33.7 Å². The van der Waals surface area contributed by atoms with Gasteiger partial charge in [0.25, 0.3) is 0 Å². The Morgan fingerprint density at radius 3 is 2.45 bits per heavy atom. The van der Waals surface area contributed by atoms with Crippen LogP contribution in [-0.2, 0) is 9.59 Å². The first-order valence-electron chi connectivity index (χ1n) is 7.25. The highest BCUT2D eigenvalue weighted by Crippen LogP contribution is 2.28. The van der Waals surface area contributed by atoms with Gasteiger partial charge in [0.15, 0.2) is 0 Å². The summed E-state index contributed by atoms with van der Waals surface area (Å²) >= 11 is 0. The van der Waals surface area contributed by atoms with Crippen molar-refractivity contribution in [1.82, 2.24) is 5.32 Å². The number of nitrogens with two attached hydrogens (primary N) is 1. The second-order valence-electron chi connectivity index (χ2n) is 5.62. The first kappa shape index (κ1) is 18.0. The Bertz CT molecular complexity index is 556. The Morgan fingerprint density at radius 1 is 1.27 bits per heavy atom. The molecule has 0 aromatic heterocycles. The van der Waals surface area contributed by atoms with E-state index in [0.717, 1.165) is 16.9 Å². The van der Waals surface area contributed by atoms with Crippen LogP contribution in [0.25, 0.3) is 0 Å². The molecule has 0 radical (unpaired) electrons. The maximum absolute atomic E-state index is 11.9. The standard InChI is InChI=1S/C16H25N3O3/c1-9(2)14(17)16(21)18-8-13(20)19-12-7-6-10(3)15(22-5)11(12)4/h6-7,9,14H,8,17H2,1-5H3,(H,18,21)(H,19,20)/t14-/m0/s1. The predicted molar refractivity (Wildman–Crippen MR) is 86.9 cm³/mol.